The molecule has 0 aromatic carbocycles. The van der Waals surface area contributed by atoms with Crippen LogP contribution >= 0.6 is 0 Å². The second-order valence-electron chi connectivity index (χ2n) is 8.94. The van der Waals surface area contributed by atoms with Gasteiger partial charge in [-0.2, -0.15) is 0 Å². The number of esters is 1. The van der Waals surface area contributed by atoms with E-state index in [9.17, 15) is 9.59 Å². The number of hydrogen-bond donors (Lipinski definition) is 1. The topological polar surface area (TPSA) is 55.4 Å². The predicted molar refractivity (Wildman–Crippen MR) is 98.8 cm³/mol. The number of carbonyl (C=O) groups is 2. The lowest BCUT2D eigenvalue weighted by Crippen LogP contribution is -2.53. The van der Waals surface area contributed by atoms with Crippen LogP contribution in [0.4, 0.5) is 0 Å². The minimum Gasteiger partial charge on any atom is -0.445 e. The van der Waals surface area contributed by atoms with Gasteiger partial charge < -0.3 is 10.1 Å². The van der Waals surface area contributed by atoms with Crippen LogP contribution in [0.1, 0.15) is 58.8 Å². The molecule has 6 atom stereocenters. The van der Waals surface area contributed by atoms with E-state index >= 15 is 0 Å². The van der Waals surface area contributed by atoms with Gasteiger partial charge in [-0.05, 0) is 68.6 Å². The minimum atomic E-state index is -0.744. The molecule has 4 nitrogen and oxygen atoms in total. The van der Waals surface area contributed by atoms with Gasteiger partial charge in [-0.15, -0.1) is 6.42 Å². The number of fused-ring (bicyclic) bond motifs is 5. The molecule has 26 heavy (non-hydrogen) atoms. The number of allylic oxidation sites excluding steroid dienone is 1. The number of terminal acetylenes is 1. The van der Waals surface area contributed by atoms with Crippen LogP contribution in [-0.4, -0.2) is 24.0 Å². The van der Waals surface area contributed by atoms with Gasteiger partial charge in [0.15, 0.2) is 5.60 Å². The molecule has 1 aliphatic heterocycles. The van der Waals surface area contributed by atoms with Crippen LogP contribution < -0.4 is 5.32 Å². The summed E-state index contributed by atoms with van der Waals surface area (Å²) in [6, 6.07) is 0. The molecule has 140 valence electrons. The van der Waals surface area contributed by atoms with E-state index in [-0.39, 0.29) is 17.3 Å². The zero-order valence-corrected chi connectivity index (χ0v) is 15.8. The van der Waals surface area contributed by atoms with Crippen LogP contribution in [-0.2, 0) is 14.3 Å². The lowest BCUT2D eigenvalue weighted by Gasteiger charge is -2.54. The quantitative estimate of drug-likeness (QED) is 0.580. The van der Waals surface area contributed by atoms with Crippen molar-refractivity contribution in [3.05, 3.63) is 11.6 Å². The molecular weight excluding hydrogens is 326 g/mol. The van der Waals surface area contributed by atoms with Crippen LogP contribution in [0.3, 0.4) is 0 Å². The van der Waals surface area contributed by atoms with E-state index in [1.165, 1.54) is 12.5 Å². The third-order valence-electron chi connectivity index (χ3n) is 7.99. The summed E-state index contributed by atoms with van der Waals surface area (Å²) in [6.45, 7) is 4.50. The Morgan fingerprint density at radius 2 is 2.08 bits per heavy atom. The number of rotatable bonds is 1. The summed E-state index contributed by atoms with van der Waals surface area (Å²) in [6.07, 6.45) is 14.9. The van der Waals surface area contributed by atoms with Crippen molar-refractivity contribution in [3.8, 4) is 12.3 Å². The van der Waals surface area contributed by atoms with Gasteiger partial charge >= 0.3 is 5.97 Å². The zero-order chi connectivity index (χ0) is 18.5. The first kappa shape index (κ1) is 17.6. The number of amides is 1. The molecule has 4 rings (SSSR count). The average Bonchev–Trinajstić information content (AvgIpc) is 2.75. The van der Waals surface area contributed by atoms with Crippen LogP contribution in [0, 0.1) is 41.4 Å². The summed E-state index contributed by atoms with van der Waals surface area (Å²) >= 11 is 0. The number of carbonyl (C=O) groups excluding carboxylic acids is 2. The smallest absolute Gasteiger partial charge is 0.304 e. The van der Waals surface area contributed by atoms with Gasteiger partial charge in [0.05, 0.1) is 0 Å². The van der Waals surface area contributed by atoms with Gasteiger partial charge in [-0.3, -0.25) is 9.59 Å². The Balaban J connectivity index is 1.64. The van der Waals surface area contributed by atoms with Gasteiger partial charge in [0, 0.05) is 25.0 Å². The Bertz CT molecular complexity index is 705. The Kier molecular flexibility index (Phi) is 4.17. The number of hydrogen-bond acceptors (Lipinski definition) is 3. The Morgan fingerprint density at radius 3 is 2.81 bits per heavy atom. The first-order valence-corrected chi connectivity index (χ1v) is 10.1. The Labute approximate surface area is 156 Å². The number of ether oxygens (including phenoxy) is 1. The highest BCUT2D eigenvalue weighted by Gasteiger charge is 2.64. The summed E-state index contributed by atoms with van der Waals surface area (Å²) in [7, 11) is 0. The molecule has 3 aliphatic carbocycles. The molecule has 0 unspecified atom stereocenters. The molecule has 0 aromatic rings. The van der Waals surface area contributed by atoms with Crippen molar-refractivity contribution in [1.82, 2.24) is 5.32 Å². The fraction of sp³-hybridized carbons (Fsp3) is 0.727. The van der Waals surface area contributed by atoms with Crippen molar-refractivity contribution in [2.75, 3.05) is 6.54 Å². The molecule has 4 aliphatic rings. The van der Waals surface area contributed by atoms with E-state index in [0.717, 1.165) is 51.5 Å². The fourth-order valence-electron chi connectivity index (χ4n) is 6.85. The molecule has 1 N–H and O–H groups in total. The average molecular weight is 355 g/mol. The third kappa shape index (κ3) is 2.43. The molecule has 1 amide bonds. The molecule has 0 saturated heterocycles. The maximum atomic E-state index is 11.9. The lowest BCUT2D eigenvalue weighted by atomic mass is 9.51. The normalized spacial score (nSPS) is 44.3. The van der Waals surface area contributed by atoms with E-state index in [1.807, 2.05) is 6.08 Å². The van der Waals surface area contributed by atoms with Crippen LogP contribution in [0.5, 0.6) is 0 Å². The van der Waals surface area contributed by atoms with E-state index in [4.69, 9.17) is 11.2 Å². The molecule has 0 radical (unpaired) electrons. The lowest BCUT2D eigenvalue weighted by molar-refractivity contribution is -0.167. The first-order valence-electron chi connectivity index (χ1n) is 10.1. The highest BCUT2D eigenvalue weighted by atomic mass is 16.6. The van der Waals surface area contributed by atoms with Gasteiger partial charge in [-0.25, -0.2) is 0 Å². The largest absolute Gasteiger partial charge is 0.445 e. The van der Waals surface area contributed by atoms with E-state index in [2.05, 4.69) is 18.2 Å². The van der Waals surface area contributed by atoms with Crippen molar-refractivity contribution in [2.45, 2.75) is 64.4 Å². The van der Waals surface area contributed by atoms with Gasteiger partial charge in [0.2, 0.25) is 5.91 Å². The highest BCUT2D eigenvalue weighted by molar-refractivity contribution is 5.88. The van der Waals surface area contributed by atoms with Crippen molar-refractivity contribution >= 4 is 11.9 Å². The van der Waals surface area contributed by atoms with E-state index in [0.29, 0.717) is 23.7 Å². The van der Waals surface area contributed by atoms with Crippen molar-refractivity contribution in [1.29, 1.82) is 0 Å². The first-order chi connectivity index (χ1) is 12.4. The SMILES string of the molecule is C#C[C@]1(OC(C)=O)CC[C@H]2[C@@H]3CCC4=CC(=O)NCC[C@@H]4[C@H]3CC[C@@]21C. The second kappa shape index (κ2) is 6.15. The van der Waals surface area contributed by atoms with Crippen molar-refractivity contribution in [3.63, 3.8) is 0 Å². The maximum Gasteiger partial charge on any atom is 0.304 e. The van der Waals surface area contributed by atoms with Crippen molar-refractivity contribution in [2.24, 2.45) is 29.1 Å². The standard InChI is InChI=1S/C22H29NO3/c1-4-22(26-14(2)24)11-8-19-18-6-5-15-13-20(25)23-12-9-16(15)17(18)7-10-21(19,22)3/h1,13,16-19H,5-12H2,2-3H3,(H,23,25)/t16-,17+,18+,19-,21-,22-/m0/s1. The molecule has 1 heterocycles. The summed E-state index contributed by atoms with van der Waals surface area (Å²) in [5.74, 6) is 4.99. The van der Waals surface area contributed by atoms with Gasteiger partial charge in [0.25, 0.3) is 0 Å². The highest BCUT2D eigenvalue weighted by Crippen LogP contribution is 2.65. The number of nitrogens with one attached hydrogen (secondary N) is 1. The Hall–Kier alpha value is -1.76. The molecular formula is C22H29NO3. The maximum absolute atomic E-state index is 11.9. The minimum absolute atomic E-state index is 0.0728. The fourth-order valence-corrected chi connectivity index (χ4v) is 6.85. The summed E-state index contributed by atoms with van der Waals surface area (Å²) in [5, 5.41) is 2.99. The van der Waals surface area contributed by atoms with Gasteiger partial charge in [0.1, 0.15) is 0 Å². The Morgan fingerprint density at radius 1 is 1.27 bits per heavy atom. The van der Waals surface area contributed by atoms with Gasteiger partial charge in [-0.1, -0.05) is 18.4 Å². The summed E-state index contributed by atoms with van der Waals surface area (Å²) in [4.78, 5) is 23.7. The molecule has 0 aromatic heterocycles. The van der Waals surface area contributed by atoms with E-state index in [1.54, 1.807) is 0 Å². The molecule has 0 spiro atoms. The third-order valence-corrected chi connectivity index (χ3v) is 7.99. The molecule has 0 bridgehead atoms. The molecule has 4 heteroatoms. The summed E-state index contributed by atoms with van der Waals surface area (Å²) < 4.78 is 5.80. The van der Waals surface area contributed by atoms with Crippen LogP contribution in [0.25, 0.3) is 0 Å². The zero-order valence-electron chi connectivity index (χ0n) is 15.8. The van der Waals surface area contributed by atoms with Crippen LogP contribution in [0.15, 0.2) is 11.6 Å². The van der Waals surface area contributed by atoms with E-state index < -0.39 is 5.60 Å². The molecule has 3 saturated carbocycles. The van der Waals surface area contributed by atoms with Crippen LogP contribution in [0.2, 0.25) is 0 Å². The van der Waals surface area contributed by atoms with Crippen molar-refractivity contribution < 1.29 is 14.3 Å². The predicted octanol–water partition coefficient (Wildman–Crippen LogP) is 3.22. The monoisotopic (exact) mass is 355 g/mol. The summed E-state index contributed by atoms with van der Waals surface area (Å²) in [5.41, 5.74) is 0.478. The molecule has 3 fully saturated rings. The second-order valence-corrected chi connectivity index (χ2v) is 8.94.